The second-order valence-electron chi connectivity index (χ2n) is 6.30. The molecule has 0 aromatic rings. The second kappa shape index (κ2) is 4.53. The molecule has 5 nitrogen and oxygen atoms in total. The summed E-state index contributed by atoms with van der Waals surface area (Å²) in [5, 5.41) is 19.7. The summed E-state index contributed by atoms with van der Waals surface area (Å²) in [6.45, 7) is 5.53. The number of carbonyl (C=O) groups excluding carboxylic acids is 1. The van der Waals surface area contributed by atoms with Crippen molar-refractivity contribution in [3.8, 4) is 0 Å². The van der Waals surface area contributed by atoms with E-state index in [2.05, 4.69) is 0 Å². The number of carboxylic acid groups (broad SMARTS) is 1. The largest absolute Gasteiger partial charge is 0.478 e. The molecule has 1 heterocycles. The van der Waals surface area contributed by atoms with Crippen LogP contribution in [0.2, 0.25) is 0 Å². The number of aliphatic carboxylic acids is 1. The minimum atomic E-state index is -1.28. The van der Waals surface area contributed by atoms with Crippen LogP contribution in [0.15, 0.2) is 23.8 Å². The van der Waals surface area contributed by atoms with Gasteiger partial charge in [0.25, 0.3) is 0 Å². The fourth-order valence-electron chi connectivity index (χ4n) is 3.29. The molecule has 2 bridgehead atoms. The van der Waals surface area contributed by atoms with E-state index in [0.29, 0.717) is 12.2 Å². The number of allylic oxidation sites excluding steroid dienone is 2. The van der Waals surface area contributed by atoms with E-state index in [1.165, 1.54) is 0 Å². The first-order chi connectivity index (χ1) is 9.12. The number of ketones is 1. The van der Waals surface area contributed by atoms with Gasteiger partial charge in [-0.05, 0) is 25.5 Å². The molecule has 1 aliphatic carbocycles. The third-order valence-electron chi connectivity index (χ3n) is 4.50. The predicted molar refractivity (Wildman–Crippen MR) is 72.2 cm³/mol. The van der Waals surface area contributed by atoms with Crippen molar-refractivity contribution in [1.29, 1.82) is 0 Å². The zero-order valence-electron chi connectivity index (χ0n) is 12.0. The molecule has 1 saturated heterocycles. The zero-order valence-corrected chi connectivity index (χ0v) is 12.0. The summed E-state index contributed by atoms with van der Waals surface area (Å²) in [6.07, 6.45) is 4.67. The first kappa shape index (κ1) is 14.9. The molecule has 0 spiro atoms. The molecule has 2 fully saturated rings. The molecule has 3 atom stereocenters. The van der Waals surface area contributed by atoms with Crippen molar-refractivity contribution in [2.24, 2.45) is 5.41 Å². The lowest BCUT2D eigenvalue weighted by Gasteiger charge is -2.47. The van der Waals surface area contributed by atoms with Crippen LogP contribution < -0.4 is 0 Å². The van der Waals surface area contributed by atoms with Crippen LogP contribution in [0.5, 0.6) is 0 Å². The van der Waals surface area contributed by atoms with Crippen molar-refractivity contribution in [3.63, 3.8) is 0 Å². The molecule has 2 aliphatic rings. The molecule has 2 N–H and O–H groups in total. The SMILES string of the molecule is CC(=C/C(=O)O)/C=C/[C@]1(O)[C@@]2(C)CO[C@@]1(C)CC(=O)C2. The maximum absolute atomic E-state index is 11.8. The molecule has 0 aromatic carbocycles. The highest BCUT2D eigenvalue weighted by Crippen LogP contribution is 2.56. The summed E-state index contributed by atoms with van der Waals surface area (Å²) in [6, 6.07) is 0. The van der Waals surface area contributed by atoms with Gasteiger partial charge in [0.05, 0.1) is 6.61 Å². The average molecular weight is 280 g/mol. The lowest BCUT2D eigenvalue weighted by Crippen LogP contribution is -2.60. The van der Waals surface area contributed by atoms with Crippen LogP contribution in [0.4, 0.5) is 0 Å². The normalized spacial score (nSPS) is 41.4. The Morgan fingerprint density at radius 1 is 1.35 bits per heavy atom. The molecule has 110 valence electrons. The summed E-state index contributed by atoms with van der Waals surface area (Å²) < 4.78 is 5.71. The highest BCUT2D eigenvalue weighted by molar-refractivity contribution is 5.83. The molecule has 2 rings (SSSR count). The highest BCUT2D eigenvalue weighted by Gasteiger charge is 2.67. The van der Waals surface area contributed by atoms with Gasteiger partial charge in [0.2, 0.25) is 0 Å². The minimum Gasteiger partial charge on any atom is -0.478 e. The number of hydrogen-bond donors (Lipinski definition) is 2. The summed E-state index contributed by atoms with van der Waals surface area (Å²) >= 11 is 0. The van der Waals surface area contributed by atoms with Gasteiger partial charge < -0.3 is 14.9 Å². The number of hydrogen-bond acceptors (Lipinski definition) is 4. The summed E-state index contributed by atoms with van der Waals surface area (Å²) in [7, 11) is 0. The van der Waals surface area contributed by atoms with Gasteiger partial charge in [0.1, 0.15) is 17.0 Å². The second-order valence-corrected chi connectivity index (χ2v) is 6.30. The standard InChI is InChI=1S/C15H20O5/c1-10(6-12(17)18)4-5-15(19)13(2)7-11(16)8-14(15,3)20-9-13/h4-6,19H,7-9H2,1-3H3,(H,17,18)/b5-4+,10-6-/t13-,14+,15+/m1/s1. The van der Waals surface area contributed by atoms with Gasteiger partial charge in [-0.2, -0.15) is 0 Å². The number of fused-ring (bicyclic) bond motifs is 2. The van der Waals surface area contributed by atoms with Crippen LogP contribution in [-0.2, 0) is 14.3 Å². The van der Waals surface area contributed by atoms with Crippen LogP contribution in [0, 0.1) is 5.41 Å². The van der Waals surface area contributed by atoms with Gasteiger partial charge >= 0.3 is 5.97 Å². The number of carboxylic acids is 1. The lowest BCUT2D eigenvalue weighted by atomic mass is 9.59. The Balaban J connectivity index is 2.36. The molecule has 5 heteroatoms. The van der Waals surface area contributed by atoms with E-state index in [9.17, 15) is 14.7 Å². The Morgan fingerprint density at radius 3 is 2.55 bits per heavy atom. The van der Waals surface area contributed by atoms with E-state index in [-0.39, 0.29) is 18.6 Å². The Labute approximate surface area is 117 Å². The first-order valence-corrected chi connectivity index (χ1v) is 6.60. The molecule has 1 saturated carbocycles. The highest BCUT2D eigenvalue weighted by atomic mass is 16.5. The minimum absolute atomic E-state index is 0.0865. The van der Waals surface area contributed by atoms with Crippen molar-refractivity contribution < 1.29 is 24.5 Å². The van der Waals surface area contributed by atoms with Crippen molar-refractivity contribution in [1.82, 2.24) is 0 Å². The van der Waals surface area contributed by atoms with Crippen molar-refractivity contribution >= 4 is 11.8 Å². The Kier molecular flexibility index (Phi) is 3.38. The molecule has 0 amide bonds. The number of aliphatic hydroxyl groups is 1. The Hall–Kier alpha value is -1.46. The fraction of sp³-hybridized carbons (Fsp3) is 0.600. The van der Waals surface area contributed by atoms with E-state index >= 15 is 0 Å². The van der Waals surface area contributed by atoms with Crippen molar-refractivity contribution in [3.05, 3.63) is 23.8 Å². The van der Waals surface area contributed by atoms with E-state index in [4.69, 9.17) is 9.84 Å². The van der Waals surface area contributed by atoms with Gasteiger partial charge in [-0.1, -0.05) is 13.0 Å². The lowest BCUT2D eigenvalue weighted by molar-refractivity contribution is -0.151. The molecule has 0 unspecified atom stereocenters. The molecule has 20 heavy (non-hydrogen) atoms. The number of Topliss-reactive ketones (excluding diaryl/α,β-unsaturated/α-hetero) is 1. The summed E-state index contributed by atoms with van der Waals surface area (Å²) in [5.41, 5.74) is -2.37. The smallest absolute Gasteiger partial charge is 0.328 e. The Bertz CT molecular complexity index is 496. The number of rotatable bonds is 3. The monoisotopic (exact) mass is 280 g/mol. The topological polar surface area (TPSA) is 83.8 Å². The van der Waals surface area contributed by atoms with E-state index in [1.807, 2.05) is 6.92 Å². The van der Waals surface area contributed by atoms with Gasteiger partial charge in [-0.3, -0.25) is 4.79 Å². The van der Waals surface area contributed by atoms with Crippen LogP contribution in [0.1, 0.15) is 33.6 Å². The van der Waals surface area contributed by atoms with Crippen LogP contribution >= 0.6 is 0 Å². The van der Waals surface area contributed by atoms with Crippen molar-refractivity contribution in [2.75, 3.05) is 6.61 Å². The Morgan fingerprint density at radius 2 is 2.00 bits per heavy atom. The van der Waals surface area contributed by atoms with Crippen LogP contribution in [-0.4, -0.2) is 39.8 Å². The van der Waals surface area contributed by atoms with Crippen LogP contribution in [0.25, 0.3) is 0 Å². The third-order valence-corrected chi connectivity index (χ3v) is 4.50. The van der Waals surface area contributed by atoms with Gasteiger partial charge in [0, 0.05) is 24.3 Å². The van der Waals surface area contributed by atoms with Crippen LogP contribution in [0.3, 0.4) is 0 Å². The average Bonchev–Trinajstić information content (AvgIpc) is 2.43. The third kappa shape index (κ3) is 2.11. The maximum Gasteiger partial charge on any atom is 0.328 e. The van der Waals surface area contributed by atoms with Gasteiger partial charge in [-0.25, -0.2) is 4.79 Å². The van der Waals surface area contributed by atoms with E-state index in [0.717, 1.165) is 6.08 Å². The number of ether oxygens (including phenoxy) is 1. The molecule has 0 radical (unpaired) electrons. The zero-order chi connectivity index (χ0) is 15.2. The van der Waals surface area contributed by atoms with Gasteiger partial charge in [-0.15, -0.1) is 0 Å². The van der Waals surface area contributed by atoms with E-state index in [1.54, 1.807) is 26.0 Å². The van der Waals surface area contributed by atoms with Gasteiger partial charge in [0.15, 0.2) is 0 Å². The summed E-state index contributed by atoms with van der Waals surface area (Å²) in [5.74, 6) is -0.946. The maximum atomic E-state index is 11.8. The molecular weight excluding hydrogens is 260 g/mol. The van der Waals surface area contributed by atoms with Crippen molar-refractivity contribution in [2.45, 2.75) is 44.8 Å². The predicted octanol–water partition coefficient (Wildman–Crippen LogP) is 1.46. The fourth-order valence-corrected chi connectivity index (χ4v) is 3.29. The molecule has 1 aliphatic heterocycles. The summed E-state index contributed by atoms with van der Waals surface area (Å²) in [4.78, 5) is 22.4. The first-order valence-electron chi connectivity index (χ1n) is 6.60. The quantitative estimate of drug-likeness (QED) is 0.604. The van der Waals surface area contributed by atoms with E-state index < -0.39 is 22.6 Å². The molecule has 0 aromatic heterocycles. The molecular formula is C15H20O5. The number of carbonyl (C=O) groups is 2.